The fraction of sp³-hybridized carbons (Fsp3) is 0.333. The second-order valence-electron chi connectivity index (χ2n) is 3.68. The molecule has 1 rings (SSSR count). The van der Waals surface area contributed by atoms with Crippen molar-refractivity contribution in [1.29, 1.82) is 0 Å². The summed E-state index contributed by atoms with van der Waals surface area (Å²) in [7, 11) is -2.04. The van der Waals surface area contributed by atoms with Gasteiger partial charge in [-0.3, -0.25) is 0 Å². The Morgan fingerprint density at radius 2 is 2.00 bits per heavy atom. The Morgan fingerprint density at radius 1 is 1.33 bits per heavy atom. The fourth-order valence-corrected chi connectivity index (χ4v) is 2.85. The van der Waals surface area contributed by atoms with Crippen molar-refractivity contribution < 1.29 is 8.85 Å². The molecule has 1 aromatic rings. The summed E-state index contributed by atoms with van der Waals surface area (Å²) in [4.78, 5) is 0. The van der Waals surface area contributed by atoms with E-state index in [0.29, 0.717) is 6.61 Å². The molecule has 0 amide bonds. The van der Waals surface area contributed by atoms with E-state index in [0.717, 1.165) is 11.3 Å². The first kappa shape index (κ1) is 12.0. The van der Waals surface area contributed by atoms with Crippen molar-refractivity contribution in [2.75, 3.05) is 6.61 Å². The maximum absolute atomic E-state index is 5.91. The minimum Gasteiger partial charge on any atom is -0.520 e. The molecule has 0 bridgehead atoms. The van der Waals surface area contributed by atoms with Crippen LogP contribution in [0.1, 0.15) is 12.5 Å². The van der Waals surface area contributed by atoms with Gasteiger partial charge in [0.05, 0.1) is 0 Å². The molecule has 0 unspecified atom stereocenters. The van der Waals surface area contributed by atoms with Gasteiger partial charge in [0.15, 0.2) is 0 Å². The number of hydrogen-bond donors (Lipinski definition) is 0. The number of para-hydroxylation sites is 1. The van der Waals surface area contributed by atoms with Gasteiger partial charge >= 0.3 is 8.56 Å². The molecule has 82 valence electrons. The van der Waals surface area contributed by atoms with E-state index < -0.39 is 8.56 Å². The highest BCUT2D eigenvalue weighted by atomic mass is 28.4. The maximum atomic E-state index is 5.91. The summed E-state index contributed by atoms with van der Waals surface area (Å²) in [5.74, 6) is 0.859. The van der Waals surface area contributed by atoms with Gasteiger partial charge in [0.1, 0.15) is 5.75 Å². The smallest absolute Gasteiger partial charge is 0.392 e. The van der Waals surface area contributed by atoms with E-state index in [1.807, 2.05) is 44.3 Å². The molecule has 15 heavy (non-hydrogen) atoms. The quantitative estimate of drug-likeness (QED) is 0.710. The Hall–Kier alpha value is -1.06. The summed E-state index contributed by atoms with van der Waals surface area (Å²) in [5.41, 5.74) is 1.01. The van der Waals surface area contributed by atoms with E-state index >= 15 is 0 Å². The highest BCUT2D eigenvalue weighted by Crippen LogP contribution is 2.22. The average molecular weight is 222 g/mol. The molecule has 0 heterocycles. The van der Waals surface area contributed by atoms with Crippen molar-refractivity contribution in [2.45, 2.75) is 20.0 Å². The van der Waals surface area contributed by atoms with Crippen LogP contribution in [-0.2, 0) is 4.43 Å². The van der Waals surface area contributed by atoms with Gasteiger partial charge in [0, 0.05) is 12.2 Å². The maximum Gasteiger partial charge on any atom is 0.392 e. The lowest BCUT2D eigenvalue weighted by Gasteiger charge is -2.24. The molecule has 0 aliphatic carbocycles. The number of hydrogen-bond acceptors (Lipinski definition) is 2. The van der Waals surface area contributed by atoms with Gasteiger partial charge in [0.25, 0.3) is 0 Å². The average Bonchev–Trinajstić information content (AvgIpc) is 2.17. The summed E-state index contributed by atoms with van der Waals surface area (Å²) in [6.45, 7) is 10.5. The van der Waals surface area contributed by atoms with Crippen LogP contribution in [0.2, 0.25) is 13.1 Å². The van der Waals surface area contributed by atoms with Crippen molar-refractivity contribution in [3.05, 3.63) is 36.4 Å². The molecule has 0 radical (unpaired) electrons. The highest BCUT2D eigenvalue weighted by Gasteiger charge is 2.26. The highest BCUT2D eigenvalue weighted by molar-refractivity contribution is 6.65. The molecule has 0 aromatic heterocycles. The zero-order chi connectivity index (χ0) is 11.3. The van der Waals surface area contributed by atoms with Gasteiger partial charge in [-0.25, -0.2) is 0 Å². The van der Waals surface area contributed by atoms with Gasteiger partial charge in [-0.15, -0.1) is 0 Å². The molecule has 0 saturated heterocycles. The van der Waals surface area contributed by atoms with Crippen molar-refractivity contribution in [3.63, 3.8) is 0 Å². The molecule has 3 heteroatoms. The molecule has 2 nitrogen and oxygen atoms in total. The molecule has 0 spiro atoms. The predicted molar refractivity (Wildman–Crippen MR) is 66.3 cm³/mol. The number of benzene rings is 1. The van der Waals surface area contributed by atoms with Crippen LogP contribution >= 0.6 is 0 Å². The minimum atomic E-state index is -2.04. The normalized spacial score (nSPS) is 11.1. The van der Waals surface area contributed by atoms with Gasteiger partial charge in [-0.05, 0) is 26.1 Å². The van der Waals surface area contributed by atoms with Crippen molar-refractivity contribution in [1.82, 2.24) is 0 Å². The van der Waals surface area contributed by atoms with Crippen LogP contribution in [0.25, 0.3) is 6.08 Å². The molecule has 0 fully saturated rings. The van der Waals surface area contributed by atoms with E-state index in [4.69, 9.17) is 8.85 Å². The zero-order valence-electron chi connectivity index (χ0n) is 9.62. The Kier molecular flexibility index (Phi) is 4.12. The number of rotatable bonds is 5. The first-order chi connectivity index (χ1) is 7.09. The molecular weight excluding hydrogens is 204 g/mol. The largest absolute Gasteiger partial charge is 0.520 e. The van der Waals surface area contributed by atoms with Gasteiger partial charge in [-0.1, -0.05) is 30.9 Å². The van der Waals surface area contributed by atoms with Crippen LogP contribution in [0.15, 0.2) is 30.8 Å². The molecule has 0 aliphatic rings. The van der Waals surface area contributed by atoms with E-state index in [1.54, 1.807) is 6.08 Å². The molecule has 0 saturated carbocycles. The van der Waals surface area contributed by atoms with Gasteiger partial charge < -0.3 is 8.85 Å². The Morgan fingerprint density at radius 3 is 2.60 bits per heavy atom. The van der Waals surface area contributed by atoms with Crippen LogP contribution in [0, 0.1) is 0 Å². The third-order valence-electron chi connectivity index (χ3n) is 1.99. The standard InChI is InChI=1S/C12H18O2Si/c1-5-11-9-7-8-10-12(11)14-15(3,4)13-6-2/h5,7-10H,1,6H2,2-4H3. The Balaban J connectivity index is 2.83. The minimum absolute atomic E-state index is 0.690. The summed E-state index contributed by atoms with van der Waals surface area (Å²) >= 11 is 0. The van der Waals surface area contributed by atoms with Crippen LogP contribution < -0.4 is 4.43 Å². The topological polar surface area (TPSA) is 18.5 Å². The molecule has 0 aliphatic heterocycles. The summed E-state index contributed by atoms with van der Waals surface area (Å²) in [6.07, 6.45) is 1.80. The van der Waals surface area contributed by atoms with E-state index in [9.17, 15) is 0 Å². The van der Waals surface area contributed by atoms with E-state index in [-0.39, 0.29) is 0 Å². The second kappa shape index (κ2) is 5.14. The Labute approximate surface area is 92.8 Å². The zero-order valence-corrected chi connectivity index (χ0v) is 10.6. The van der Waals surface area contributed by atoms with Crippen LogP contribution in [0.4, 0.5) is 0 Å². The first-order valence-electron chi connectivity index (χ1n) is 5.13. The van der Waals surface area contributed by atoms with Crippen LogP contribution in [0.5, 0.6) is 5.75 Å². The Bertz CT molecular complexity index is 334. The van der Waals surface area contributed by atoms with Crippen LogP contribution in [0.3, 0.4) is 0 Å². The van der Waals surface area contributed by atoms with E-state index in [1.165, 1.54) is 0 Å². The van der Waals surface area contributed by atoms with Crippen LogP contribution in [-0.4, -0.2) is 15.2 Å². The first-order valence-corrected chi connectivity index (χ1v) is 7.95. The lowest BCUT2D eigenvalue weighted by molar-refractivity contribution is 0.263. The van der Waals surface area contributed by atoms with Gasteiger partial charge in [0.2, 0.25) is 0 Å². The van der Waals surface area contributed by atoms with Gasteiger partial charge in [-0.2, -0.15) is 0 Å². The SMILES string of the molecule is C=Cc1ccccc1O[Si](C)(C)OCC. The molecule has 0 atom stereocenters. The third-order valence-corrected chi connectivity index (χ3v) is 3.68. The second-order valence-corrected chi connectivity index (χ2v) is 6.97. The molecule has 1 aromatic carbocycles. The monoisotopic (exact) mass is 222 g/mol. The van der Waals surface area contributed by atoms with E-state index in [2.05, 4.69) is 6.58 Å². The molecular formula is C12H18O2Si. The lowest BCUT2D eigenvalue weighted by Crippen LogP contribution is -2.38. The fourth-order valence-electron chi connectivity index (χ4n) is 1.38. The summed E-state index contributed by atoms with van der Waals surface area (Å²) < 4.78 is 11.5. The van der Waals surface area contributed by atoms with Crippen molar-refractivity contribution in [3.8, 4) is 5.75 Å². The summed E-state index contributed by atoms with van der Waals surface area (Å²) in [6, 6.07) is 7.86. The lowest BCUT2D eigenvalue weighted by atomic mass is 10.2. The summed E-state index contributed by atoms with van der Waals surface area (Å²) in [5, 5.41) is 0. The predicted octanol–water partition coefficient (Wildman–Crippen LogP) is 3.45. The van der Waals surface area contributed by atoms with Crippen molar-refractivity contribution in [2.24, 2.45) is 0 Å². The van der Waals surface area contributed by atoms with Crippen molar-refractivity contribution >= 4 is 14.6 Å². The molecule has 0 N–H and O–H groups in total. The third kappa shape index (κ3) is 3.53.